The van der Waals surface area contributed by atoms with Crippen LogP contribution in [0, 0.1) is 3.57 Å². The van der Waals surface area contributed by atoms with Crippen LogP contribution in [0.25, 0.3) is 5.70 Å². The fourth-order valence-corrected chi connectivity index (χ4v) is 3.20. The Hall–Kier alpha value is -1.93. The fraction of sp³-hybridized carbons (Fsp3) is 0.0625. The van der Waals surface area contributed by atoms with Crippen LogP contribution in [0.15, 0.2) is 54.6 Å². The fourth-order valence-electron chi connectivity index (χ4n) is 2.59. The van der Waals surface area contributed by atoms with Crippen LogP contribution >= 0.6 is 34.2 Å². The predicted molar refractivity (Wildman–Crippen MR) is 98.2 cm³/mol. The zero-order chi connectivity index (χ0) is 15.8. The van der Waals surface area contributed by atoms with Gasteiger partial charge in [-0.25, -0.2) is 0 Å². The summed E-state index contributed by atoms with van der Waals surface area (Å²) in [5.41, 5.74) is 3.01. The molecular weight excluding hydrogens is 425 g/mol. The van der Waals surface area contributed by atoms with E-state index in [4.69, 9.17) is 11.6 Å². The van der Waals surface area contributed by atoms with Crippen molar-refractivity contribution in [2.45, 2.75) is 6.04 Å². The first kappa shape index (κ1) is 14.6. The molecule has 1 aliphatic rings. The van der Waals surface area contributed by atoms with E-state index in [0.717, 1.165) is 16.8 Å². The number of rotatable bonds is 2. The lowest BCUT2D eigenvalue weighted by atomic mass is 10.0. The Morgan fingerprint density at radius 1 is 1.09 bits per heavy atom. The Morgan fingerprint density at radius 3 is 2.65 bits per heavy atom. The molecule has 3 aromatic rings. The third kappa shape index (κ3) is 2.72. The topological polar surface area (TPSA) is 55.6 Å². The SMILES string of the molecule is Clc1ccccc1C1C=C(c2ccc(I)cc2)Nc2nnnn21. The molecule has 1 aromatic heterocycles. The van der Waals surface area contributed by atoms with Gasteiger partial charge in [-0.05, 0) is 68.4 Å². The summed E-state index contributed by atoms with van der Waals surface area (Å²) in [4.78, 5) is 0. The number of fused-ring (bicyclic) bond motifs is 1. The van der Waals surface area contributed by atoms with Crippen molar-refractivity contribution in [1.29, 1.82) is 0 Å². The summed E-state index contributed by atoms with van der Waals surface area (Å²) >= 11 is 8.66. The summed E-state index contributed by atoms with van der Waals surface area (Å²) in [5.74, 6) is 0.603. The quantitative estimate of drug-likeness (QED) is 0.619. The number of hydrogen-bond donors (Lipinski definition) is 1. The predicted octanol–water partition coefficient (Wildman–Crippen LogP) is 3.99. The maximum atomic E-state index is 6.37. The molecule has 0 saturated heterocycles. The molecule has 7 heteroatoms. The Kier molecular flexibility index (Phi) is 3.78. The van der Waals surface area contributed by atoms with Crippen LogP contribution in [0.4, 0.5) is 5.95 Å². The number of halogens is 2. The van der Waals surface area contributed by atoms with Gasteiger partial charge in [0.2, 0.25) is 5.95 Å². The summed E-state index contributed by atoms with van der Waals surface area (Å²) in [5, 5.41) is 15.9. The standard InChI is InChI=1S/C16H11ClIN5/c17-13-4-2-1-3-12(13)15-9-14(10-5-7-11(18)8-6-10)19-16-20-21-22-23(15)16/h1-9,15H,(H,19,20,22). The number of hydrogen-bond acceptors (Lipinski definition) is 4. The highest BCUT2D eigenvalue weighted by molar-refractivity contribution is 14.1. The van der Waals surface area contributed by atoms with Crippen LogP contribution in [0.2, 0.25) is 5.02 Å². The summed E-state index contributed by atoms with van der Waals surface area (Å²) in [6.07, 6.45) is 2.09. The second-order valence-corrected chi connectivity index (χ2v) is 6.78. The molecule has 114 valence electrons. The number of anilines is 1. The van der Waals surface area contributed by atoms with Gasteiger partial charge in [-0.2, -0.15) is 4.68 Å². The molecule has 1 N–H and O–H groups in total. The Labute approximate surface area is 151 Å². The molecule has 0 spiro atoms. The molecule has 0 amide bonds. The molecule has 0 radical (unpaired) electrons. The van der Waals surface area contributed by atoms with Gasteiger partial charge < -0.3 is 5.32 Å². The molecule has 4 rings (SSSR count). The van der Waals surface area contributed by atoms with E-state index < -0.39 is 0 Å². The Balaban J connectivity index is 1.83. The molecule has 1 unspecified atom stereocenters. The summed E-state index contributed by atoms with van der Waals surface area (Å²) in [7, 11) is 0. The van der Waals surface area contributed by atoms with E-state index in [9.17, 15) is 0 Å². The molecule has 0 saturated carbocycles. The number of aromatic nitrogens is 4. The highest BCUT2D eigenvalue weighted by Gasteiger charge is 2.25. The van der Waals surface area contributed by atoms with E-state index in [1.54, 1.807) is 4.68 Å². The molecule has 2 aromatic carbocycles. The van der Waals surface area contributed by atoms with E-state index >= 15 is 0 Å². The second-order valence-electron chi connectivity index (χ2n) is 5.13. The third-order valence-electron chi connectivity index (χ3n) is 3.71. The van der Waals surface area contributed by atoms with Crippen molar-refractivity contribution in [1.82, 2.24) is 20.2 Å². The summed E-state index contributed by atoms with van der Waals surface area (Å²) in [6.45, 7) is 0. The second kappa shape index (κ2) is 5.93. The number of nitrogens with one attached hydrogen (secondary N) is 1. The van der Waals surface area contributed by atoms with E-state index in [1.807, 2.05) is 24.3 Å². The maximum absolute atomic E-state index is 6.37. The van der Waals surface area contributed by atoms with Crippen molar-refractivity contribution in [2.24, 2.45) is 0 Å². The first-order valence-electron chi connectivity index (χ1n) is 6.99. The van der Waals surface area contributed by atoms with Gasteiger partial charge in [0.15, 0.2) is 0 Å². The number of allylic oxidation sites excluding steroid dienone is 1. The van der Waals surface area contributed by atoms with Crippen LogP contribution in [0.1, 0.15) is 17.2 Å². The van der Waals surface area contributed by atoms with Crippen LogP contribution in [-0.4, -0.2) is 20.2 Å². The largest absolute Gasteiger partial charge is 0.323 e. The van der Waals surface area contributed by atoms with Crippen molar-refractivity contribution in [2.75, 3.05) is 5.32 Å². The van der Waals surface area contributed by atoms with E-state index in [1.165, 1.54) is 3.57 Å². The first-order valence-corrected chi connectivity index (χ1v) is 8.45. The van der Waals surface area contributed by atoms with Gasteiger partial charge >= 0.3 is 0 Å². The highest BCUT2D eigenvalue weighted by Crippen LogP contribution is 2.34. The van der Waals surface area contributed by atoms with E-state index in [0.29, 0.717) is 11.0 Å². The minimum absolute atomic E-state index is 0.149. The monoisotopic (exact) mass is 435 g/mol. The van der Waals surface area contributed by atoms with Gasteiger partial charge in [-0.3, -0.25) is 0 Å². The number of benzene rings is 2. The van der Waals surface area contributed by atoms with Crippen LogP contribution in [-0.2, 0) is 0 Å². The van der Waals surface area contributed by atoms with Crippen molar-refractivity contribution in [3.63, 3.8) is 0 Å². The van der Waals surface area contributed by atoms with Gasteiger partial charge in [-0.15, -0.1) is 0 Å². The normalized spacial score (nSPS) is 16.4. The van der Waals surface area contributed by atoms with Gasteiger partial charge in [0, 0.05) is 14.3 Å². The summed E-state index contributed by atoms with van der Waals surface area (Å²) in [6, 6.07) is 15.9. The van der Waals surface area contributed by atoms with Crippen molar-refractivity contribution in [3.8, 4) is 0 Å². The van der Waals surface area contributed by atoms with Crippen LogP contribution in [0.5, 0.6) is 0 Å². The van der Waals surface area contributed by atoms with Crippen LogP contribution < -0.4 is 5.32 Å². The highest BCUT2D eigenvalue weighted by atomic mass is 127. The van der Waals surface area contributed by atoms with E-state index in [-0.39, 0.29) is 6.04 Å². The Bertz CT molecular complexity index is 887. The molecule has 2 heterocycles. The van der Waals surface area contributed by atoms with Gasteiger partial charge in [0.25, 0.3) is 0 Å². The minimum atomic E-state index is -0.149. The van der Waals surface area contributed by atoms with Crippen molar-refractivity contribution >= 4 is 45.8 Å². The lowest BCUT2D eigenvalue weighted by Crippen LogP contribution is -2.20. The zero-order valence-corrected chi connectivity index (χ0v) is 14.7. The van der Waals surface area contributed by atoms with Gasteiger partial charge in [0.05, 0.1) is 0 Å². The number of tetrazole rings is 1. The van der Waals surface area contributed by atoms with Gasteiger partial charge in [0.1, 0.15) is 6.04 Å². The average molecular weight is 436 g/mol. The van der Waals surface area contributed by atoms with Crippen molar-refractivity contribution < 1.29 is 0 Å². The van der Waals surface area contributed by atoms with Crippen LogP contribution in [0.3, 0.4) is 0 Å². The molecular formula is C16H11ClIN5. The Morgan fingerprint density at radius 2 is 1.87 bits per heavy atom. The lowest BCUT2D eigenvalue weighted by Gasteiger charge is -2.24. The number of nitrogens with zero attached hydrogens (tertiary/aromatic N) is 4. The van der Waals surface area contributed by atoms with E-state index in [2.05, 4.69) is 73.8 Å². The maximum Gasteiger partial charge on any atom is 0.248 e. The third-order valence-corrected chi connectivity index (χ3v) is 4.77. The molecule has 23 heavy (non-hydrogen) atoms. The smallest absolute Gasteiger partial charge is 0.248 e. The molecule has 1 aliphatic heterocycles. The molecule has 0 bridgehead atoms. The molecule has 5 nitrogen and oxygen atoms in total. The zero-order valence-electron chi connectivity index (χ0n) is 11.8. The van der Waals surface area contributed by atoms with Crippen molar-refractivity contribution in [3.05, 3.63) is 74.3 Å². The minimum Gasteiger partial charge on any atom is -0.323 e. The summed E-state index contributed by atoms with van der Waals surface area (Å²) < 4.78 is 2.92. The molecule has 0 aliphatic carbocycles. The molecule has 0 fully saturated rings. The van der Waals surface area contributed by atoms with Gasteiger partial charge in [-0.1, -0.05) is 47.0 Å². The lowest BCUT2D eigenvalue weighted by molar-refractivity contribution is 0.586. The average Bonchev–Trinajstić information content (AvgIpc) is 3.04. The first-order chi connectivity index (χ1) is 11.2. The molecule has 1 atom stereocenters.